The highest BCUT2D eigenvalue weighted by atomic mass is 16.4. The summed E-state index contributed by atoms with van der Waals surface area (Å²) >= 11 is 0. The minimum atomic E-state index is -1.13. The zero-order valence-electron chi connectivity index (χ0n) is 14.8. The van der Waals surface area contributed by atoms with Gasteiger partial charge in [-0.05, 0) is 5.41 Å². The van der Waals surface area contributed by atoms with E-state index in [2.05, 4.69) is 34.4 Å². The van der Waals surface area contributed by atoms with Gasteiger partial charge in [-0.3, -0.25) is 14.6 Å². The molecule has 3 N–H and O–H groups in total. The van der Waals surface area contributed by atoms with Gasteiger partial charge in [0.1, 0.15) is 11.7 Å². The first kappa shape index (κ1) is 21.5. The van der Waals surface area contributed by atoms with Gasteiger partial charge in [-0.2, -0.15) is 0 Å². The van der Waals surface area contributed by atoms with Gasteiger partial charge in [-0.1, -0.05) is 41.0 Å². The lowest BCUT2D eigenvalue weighted by atomic mass is 9.87. The Morgan fingerprint density at radius 3 is 2.21 bits per heavy atom. The number of rotatable bonds is 5. The average molecular weight is 338 g/mol. The van der Waals surface area contributed by atoms with E-state index in [1.54, 1.807) is 20.8 Å². The summed E-state index contributed by atoms with van der Waals surface area (Å²) in [6.45, 7) is 9.01. The van der Waals surface area contributed by atoms with Gasteiger partial charge in [0.05, 0.1) is 12.7 Å². The van der Waals surface area contributed by atoms with E-state index in [-0.39, 0.29) is 12.2 Å². The van der Waals surface area contributed by atoms with Crippen LogP contribution in [0.4, 0.5) is 0 Å². The fourth-order valence-corrected chi connectivity index (χ4v) is 1.53. The van der Waals surface area contributed by atoms with Crippen molar-refractivity contribution in [1.82, 2.24) is 20.6 Å². The predicted octanol–water partition coefficient (Wildman–Crippen LogP) is 1.24. The van der Waals surface area contributed by atoms with Gasteiger partial charge < -0.3 is 15.7 Å². The molecule has 8 nitrogen and oxygen atoms in total. The average Bonchev–Trinajstić information content (AvgIpc) is 2.50. The quantitative estimate of drug-likeness (QED) is 0.742. The topological polar surface area (TPSA) is 121 Å². The Labute approximate surface area is 142 Å². The SMILES string of the molecule is CC(C)(C)C(NC(=O)CNC(=O)c1cnccn1)C(=O)O.CCC. The minimum Gasteiger partial charge on any atom is -0.480 e. The van der Waals surface area contributed by atoms with Gasteiger partial charge in [0.2, 0.25) is 5.91 Å². The van der Waals surface area contributed by atoms with E-state index in [9.17, 15) is 14.4 Å². The second kappa shape index (κ2) is 10.3. The van der Waals surface area contributed by atoms with Gasteiger partial charge >= 0.3 is 5.97 Å². The Morgan fingerprint density at radius 2 is 1.79 bits per heavy atom. The van der Waals surface area contributed by atoms with Crippen LogP contribution >= 0.6 is 0 Å². The molecule has 0 spiro atoms. The molecule has 1 atom stereocenters. The Balaban J connectivity index is 0.00000163. The van der Waals surface area contributed by atoms with Crippen LogP contribution in [0.3, 0.4) is 0 Å². The number of nitrogens with zero attached hydrogens (tertiary/aromatic N) is 2. The summed E-state index contributed by atoms with van der Waals surface area (Å²) in [5, 5.41) is 13.8. The van der Waals surface area contributed by atoms with Crippen molar-refractivity contribution in [1.29, 1.82) is 0 Å². The van der Waals surface area contributed by atoms with Crippen molar-refractivity contribution >= 4 is 17.8 Å². The molecule has 0 bridgehead atoms. The molecular formula is C16H26N4O4. The fourth-order valence-electron chi connectivity index (χ4n) is 1.53. The van der Waals surface area contributed by atoms with Crippen molar-refractivity contribution in [3.8, 4) is 0 Å². The fraction of sp³-hybridized carbons (Fsp3) is 0.562. The summed E-state index contributed by atoms with van der Waals surface area (Å²) in [6.07, 6.45) is 5.29. The number of aliphatic carboxylic acids is 1. The third kappa shape index (κ3) is 8.21. The molecule has 134 valence electrons. The molecule has 0 saturated carbocycles. The monoisotopic (exact) mass is 338 g/mol. The molecule has 0 radical (unpaired) electrons. The van der Waals surface area contributed by atoms with Crippen LogP contribution in [0.15, 0.2) is 18.6 Å². The van der Waals surface area contributed by atoms with Gasteiger partial charge in [0, 0.05) is 12.4 Å². The summed E-state index contributed by atoms with van der Waals surface area (Å²) in [5.74, 6) is -2.27. The van der Waals surface area contributed by atoms with E-state index in [1.165, 1.54) is 25.0 Å². The molecule has 2 amide bonds. The number of carboxylic acid groups (broad SMARTS) is 1. The molecule has 0 aliphatic rings. The highest BCUT2D eigenvalue weighted by Crippen LogP contribution is 2.19. The normalized spacial score (nSPS) is 11.5. The Hall–Kier alpha value is -2.51. The first-order valence-electron chi connectivity index (χ1n) is 7.69. The molecule has 1 unspecified atom stereocenters. The van der Waals surface area contributed by atoms with Crippen molar-refractivity contribution in [2.75, 3.05) is 6.54 Å². The number of amides is 2. The van der Waals surface area contributed by atoms with Gasteiger partial charge in [0.15, 0.2) is 0 Å². The lowest BCUT2D eigenvalue weighted by Crippen LogP contribution is -2.51. The molecule has 1 rings (SSSR count). The summed E-state index contributed by atoms with van der Waals surface area (Å²) in [4.78, 5) is 42.0. The molecule has 1 aromatic rings. The number of carboxylic acids is 1. The van der Waals surface area contributed by atoms with Crippen molar-refractivity contribution in [3.05, 3.63) is 24.3 Å². The highest BCUT2D eigenvalue weighted by Gasteiger charge is 2.32. The van der Waals surface area contributed by atoms with Crippen LogP contribution in [0.1, 0.15) is 51.5 Å². The number of carbonyl (C=O) groups excluding carboxylic acids is 2. The van der Waals surface area contributed by atoms with Gasteiger partial charge in [0.25, 0.3) is 5.91 Å². The Kier molecular flexibility index (Phi) is 9.22. The zero-order valence-corrected chi connectivity index (χ0v) is 14.8. The van der Waals surface area contributed by atoms with E-state index in [0.717, 1.165) is 0 Å². The van der Waals surface area contributed by atoms with Gasteiger partial charge in [-0.25, -0.2) is 9.78 Å². The highest BCUT2D eigenvalue weighted by molar-refractivity contribution is 5.95. The van der Waals surface area contributed by atoms with E-state index >= 15 is 0 Å². The van der Waals surface area contributed by atoms with E-state index in [1.807, 2.05) is 0 Å². The smallest absolute Gasteiger partial charge is 0.326 e. The summed E-state index contributed by atoms with van der Waals surface area (Å²) in [5.41, 5.74) is -0.563. The largest absolute Gasteiger partial charge is 0.480 e. The standard InChI is InChI=1S/C13H18N4O4.C3H8/c1-13(2,3)10(12(20)21)17-9(18)7-16-11(19)8-6-14-4-5-15-8;1-3-2/h4-6,10H,7H2,1-3H3,(H,16,19)(H,17,18)(H,20,21);3H2,1-2H3. The predicted molar refractivity (Wildman–Crippen MR) is 89.4 cm³/mol. The summed E-state index contributed by atoms with van der Waals surface area (Å²) in [6, 6.07) is -1.04. The molecule has 0 aromatic carbocycles. The number of aromatic nitrogens is 2. The van der Waals surface area contributed by atoms with Crippen LogP contribution in [0.25, 0.3) is 0 Å². The molecule has 24 heavy (non-hydrogen) atoms. The number of hydrogen-bond acceptors (Lipinski definition) is 5. The van der Waals surface area contributed by atoms with Crippen molar-refractivity contribution in [3.63, 3.8) is 0 Å². The molecule has 0 aliphatic carbocycles. The third-order valence-corrected chi connectivity index (χ3v) is 2.62. The van der Waals surface area contributed by atoms with Crippen molar-refractivity contribution < 1.29 is 19.5 Å². The Bertz CT molecular complexity index is 541. The summed E-state index contributed by atoms with van der Waals surface area (Å²) in [7, 11) is 0. The van der Waals surface area contributed by atoms with Crippen LogP contribution in [0.5, 0.6) is 0 Å². The second-order valence-electron chi connectivity index (χ2n) is 6.19. The molecule has 1 aromatic heterocycles. The minimum absolute atomic E-state index is 0.0795. The maximum Gasteiger partial charge on any atom is 0.326 e. The van der Waals surface area contributed by atoms with E-state index in [4.69, 9.17) is 5.11 Å². The first-order chi connectivity index (χ1) is 11.1. The second-order valence-corrected chi connectivity index (χ2v) is 6.19. The van der Waals surface area contributed by atoms with Crippen LogP contribution in [0.2, 0.25) is 0 Å². The maximum atomic E-state index is 11.7. The van der Waals surface area contributed by atoms with E-state index in [0.29, 0.717) is 0 Å². The maximum absolute atomic E-state index is 11.7. The molecule has 0 fully saturated rings. The first-order valence-corrected chi connectivity index (χ1v) is 7.69. The van der Waals surface area contributed by atoms with Crippen molar-refractivity contribution in [2.24, 2.45) is 5.41 Å². The molecule has 0 saturated heterocycles. The lowest BCUT2D eigenvalue weighted by Gasteiger charge is -2.27. The van der Waals surface area contributed by atoms with Crippen LogP contribution in [-0.4, -0.2) is 45.4 Å². The zero-order chi connectivity index (χ0) is 18.8. The van der Waals surface area contributed by atoms with Crippen molar-refractivity contribution in [2.45, 2.75) is 47.1 Å². The van der Waals surface area contributed by atoms with Gasteiger partial charge in [-0.15, -0.1) is 0 Å². The number of carbonyl (C=O) groups is 3. The van der Waals surface area contributed by atoms with Crippen LogP contribution in [0, 0.1) is 5.41 Å². The molecule has 8 heteroatoms. The number of hydrogen-bond donors (Lipinski definition) is 3. The third-order valence-electron chi connectivity index (χ3n) is 2.62. The molecule has 0 aliphatic heterocycles. The Morgan fingerprint density at radius 1 is 1.21 bits per heavy atom. The summed E-state index contributed by atoms with van der Waals surface area (Å²) < 4.78 is 0. The van der Waals surface area contributed by atoms with Crippen LogP contribution in [-0.2, 0) is 9.59 Å². The molecular weight excluding hydrogens is 312 g/mol. The van der Waals surface area contributed by atoms with Crippen LogP contribution < -0.4 is 10.6 Å². The van der Waals surface area contributed by atoms with E-state index < -0.39 is 29.2 Å². The lowest BCUT2D eigenvalue weighted by molar-refractivity contribution is -0.144. The number of nitrogens with one attached hydrogen (secondary N) is 2. The molecule has 1 heterocycles.